The molecule has 1 aliphatic heterocycles. The average Bonchev–Trinajstić information content (AvgIpc) is 2.92. The number of carbonyl (C=O) groups excluding carboxylic acids is 1. The Morgan fingerprint density at radius 1 is 1.08 bits per heavy atom. The Kier molecular flexibility index (Phi) is 7.33. The summed E-state index contributed by atoms with van der Waals surface area (Å²) in [6.45, 7) is 8.05. The maximum absolute atomic E-state index is 12.8. The molecular formula is C29H32N6O3S. The number of sulfone groups is 1. The normalized spacial score (nSPS) is 17.8. The summed E-state index contributed by atoms with van der Waals surface area (Å²) in [4.78, 5) is 29.5. The summed E-state index contributed by atoms with van der Waals surface area (Å²) in [5, 5.41) is 7.21. The number of aromatic nitrogens is 3. The Bertz CT molecular complexity index is 1660. The first-order chi connectivity index (χ1) is 18.6. The van der Waals surface area contributed by atoms with E-state index in [1.54, 1.807) is 25.3 Å². The van der Waals surface area contributed by atoms with Crippen LogP contribution < -0.4 is 15.5 Å². The molecule has 0 spiro atoms. The molecule has 4 aromatic rings. The van der Waals surface area contributed by atoms with Crippen LogP contribution in [0.1, 0.15) is 35.5 Å². The predicted octanol–water partition coefficient (Wildman–Crippen LogP) is 3.52. The Morgan fingerprint density at radius 2 is 1.87 bits per heavy atom. The first kappa shape index (κ1) is 26.7. The van der Waals surface area contributed by atoms with E-state index in [0.717, 1.165) is 47.5 Å². The largest absolute Gasteiger partial charge is 0.351 e. The Hall–Kier alpha value is -3.89. The molecule has 0 radical (unpaired) electrons. The Labute approximate surface area is 228 Å². The standard InChI is InChI=1S/C29H32N6O3S/c1-18-8-9-21(12-27(18)39(4,37)38)29(36)32-16-23-13-26-22(15-31-23)10-11-25(33-26)24-6-5-7-28(34-24)35-17-19(2)30-14-20(35)3/h5-13,15,19-20,30H,14,16-17H2,1-4H3,(H,32,36)/t19-,20+/m1/s1. The van der Waals surface area contributed by atoms with Crippen molar-refractivity contribution in [2.24, 2.45) is 0 Å². The zero-order chi connectivity index (χ0) is 27.7. The fourth-order valence-electron chi connectivity index (χ4n) is 4.78. The maximum Gasteiger partial charge on any atom is 0.251 e. The summed E-state index contributed by atoms with van der Waals surface area (Å²) in [6.07, 6.45) is 2.87. The second-order valence-electron chi connectivity index (χ2n) is 10.2. The quantitative estimate of drug-likeness (QED) is 0.379. The highest BCUT2D eigenvalue weighted by molar-refractivity contribution is 7.90. The second-order valence-corrected chi connectivity index (χ2v) is 12.2. The molecule has 0 bridgehead atoms. The van der Waals surface area contributed by atoms with Gasteiger partial charge in [0.2, 0.25) is 0 Å². The van der Waals surface area contributed by atoms with Crippen LogP contribution in [0.5, 0.6) is 0 Å². The summed E-state index contributed by atoms with van der Waals surface area (Å²) in [5.41, 5.74) is 3.82. The summed E-state index contributed by atoms with van der Waals surface area (Å²) in [5.74, 6) is 0.560. The van der Waals surface area contributed by atoms with Crippen molar-refractivity contribution in [1.29, 1.82) is 0 Å². The van der Waals surface area contributed by atoms with Crippen molar-refractivity contribution in [2.45, 2.75) is 44.3 Å². The van der Waals surface area contributed by atoms with E-state index in [9.17, 15) is 13.2 Å². The van der Waals surface area contributed by atoms with Gasteiger partial charge in [-0.05, 0) is 68.8 Å². The summed E-state index contributed by atoms with van der Waals surface area (Å²) in [6, 6.07) is 17.2. The van der Waals surface area contributed by atoms with Crippen LogP contribution in [-0.4, -0.2) is 60.7 Å². The number of rotatable bonds is 6. The molecule has 5 rings (SSSR count). The number of benzene rings is 1. The maximum atomic E-state index is 12.8. The molecule has 0 aliphatic carbocycles. The number of pyridine rings is 3. The van der Waals surface area contributed by atoms with Gasteiger partial charge in [-0.1, -0.05) is 12.1 Å². The van der Waals surface area contributed by atoms with E-state index in [1.807, 2.05) is 36.4 Å². The van der Waals surface area contributed by atoms with Gasteiger partial charge in [-0.3, -0.25) is 9.78 Å². The van der Waals surface area contributed by atoms with E-state index in [4.69, 9.17) is 9.97 Å². The van der Waals surface area contributed by atoms with Crippen LogP contribution in [-0.2, 0) is 16.4 Å². The van der Waals surface area contributed by atoms with Gasteiger partial charge in [-0.15, -0.1) is 0 Å². The van der Waals surface area contributed by atoms with Gasteiger partial charge in [0.1, 0.15) is 5.82 Å². The summed E-state index contributed by atoms with van der Waals surface area (Å²) in [7, 11) is -3.43. The van der Waals surface area contributed by atoms with Gasteiger partial charge in [0.15, 0.2) is 9.84 Å². The van der Waals surface area contributed by atoms with Gasteiger partial charge >= 0.3 is 0 Å². The number of nitrogens with one attached hydrogen (secondary N) is 2. The lowest BCUT2D eigenvalue weighted by atomic mass is 10.1. The van der Waals surface area contributed by atoms with Crippen molar-refractivity contribution in [1.82, 2.24) is 25.6 Å². The Morgan fingerprint density at radius 3 is 2.67 bits per heavy atom. The molecule has 1 fully saturated rings. The number of piperazine rings is 1. The number of carbonyl (C=O) groups is 1. The molecule has 1 aliphatic rings. The minimum Gasteiger partial charge on any atom is -0.351 e. The lowest BCUT2D eigenvalue weighted by Crippen LogP contribution is -2.54. The Balaban J connectivity index is 1.35. The minimum atomic E-state index is -3.43. The summed E-state index contributed by atoms with van der Waals surface area (Å²) >= 11 is 0. The number of aryl methyl sites for hydroxylation is 1. The van der Waals surface area contributed by atoms with Crippen LogP contribution in [0.4, 0.5) is 5.82 Å². The molecule has 0 unspecified atom stereocenters. The number of nitrogens with zero attached hydrogens (tertiary/aromatic N) is 4. The molecule has 2 N–H and O–H groups in total. The number of amides is 1. The van der Waals surface area contributed by atoms with E-state index in [1.165, 1.54) is 6.07 Å². The zero-order valence-electron chi connectivity index (χ0n) is 22.5. The molecule has 1 amide bonds. The second kappa shape index (κ2) is 10.7. The topological polar surface area (TPSA) is 117 Å². The first-order valence-electron chi connectivity index (χ1n) is 12.9. The first-order valence-corrected chi connectivity index (χ1v) is 14.8. The molecular weight excluding hydrogens is 512 g/mol. The van der Waals surface area contributed by atoms with Crippen LogP contribution in [0, 0.1) is 6.92 Å². The van der Waals surface area contributed by atoms with Crippen molar-refractivity contribution < 1.29 is 13.2 Å². The number of hydrogen-bond acceptors (Lipinski definition) is 8. The fraction of sp³-hybridized carbons (Fsp3) is 0.310. The van der Waals surface area contributed by atoms with Crippen molar-refractivity contribution in [2.75, 3.05) is 24.2 Å². The van der Waals surface area contributed by atoms with Crippen LogP contribution in [0.15, 0.2) is 65.7 Å². The van der Waals surface area contributed by atoms with Gasteiger partial charge in [-0.2, -0.15) is 0 Å². The monoisotopic (exact) mass is 544 g/mol. The van der Waals surface area contributed by atoms with Crippen molar-refractivity contribution in [3.63, 3.8) is 0 Å². The third kappa shape index (κ3) is 5.91. The summed E-state index contributed by atoms with van der Waals surface area (Å²) < 4.78 is 24.1. The van der Waals surface area contributed by atoms with Crippen LogP contribution in [0.2, 0.25) is 0 Å². The fourth-order valence-corrected chi connectivity index (χ4v) is 5.77. The molecule has 1 saturated heterocycles. The smallest absolute Gasteiger partial charge is 0.251 e. The van der Waals surface area contributed by atoms with Crippen LogP contribution >= 0.6 is 0 Å². The van der Waals surface area contributed by atoms with E-state index >= 15 is 0 Å². The lowest BCUT2D eigenvalue weighted by molar-refractivity contribution is 0.0950. The molecule has 3 aromatic heterocycles. The molecule has 9 nitrogen and oxygen atoms in total. The SMILES string of the molecule is Cc1ccc(C(=O)NCc2cc3nc(-c4cccc(N5C[C@@H](C)NC[C@@H]5C)n4)ccc3cn2)cc1S(C)(=O)=O. The number of anilines is 1. The molecule has 0 saturated carbocycles. The van der Waals surface area contributed by atoms with Crippen molar-refractivity contribution >= 4 is 32.5 Å². The van der Waals surface area contributed by atoms with Gasteiger partial charge < -0.3 is 15.5 Å². The molecule has 39 heavy (non-hydrogen) atoms. The van der Waals surface area contributed by atoms with E-state index in [-0.39, 0.29) is 22.9 Å². The minimum absolute atomic E-state index is 0.148. The van der Waals surface area contributed by atoms with Gasteiger partial charge in [0.05, 0.1) is 34.0 Å². The third-order valence-corrected chi connectivity index (χ3v) is 8.20. The zero-order valence-corrected chi connectivity index (χ0v) is 23.3. The van der Waals surface area contributed by atoms with Crippen molar-refractivity contribution in [3.8, 4) is 11.4 Å². The predicted molar refractivity (Wildman–Crippen MR) is 153 cm³/mol. The molecule has 2 atom stereocenters. The van der Waals surface area contributed by atoms with E-state index < -0.39 is 9.84 Å². The van der Waals surface area contributed by atoms with Gasteiger partial charge in [0, 0.05) is 48.6 Å². The highest BCUT2D eigenvalue weighted by Gasteiger charge is 2.23. The number of hydrogen-bond donors (Lipinski definition) is 2. The molecule has 4 heterocycles. The molecule has 10 heteroatoms. The highest BCUT2D eigenvalue weighted by atomic mass is 32.2. The third-order valence-electron chi connectivity index (χ3n) is 6.97. The van der Waals surface area contributed by atoms with Crippen LogP contribution in [0.3, 0.4) is 0 Å². The van der Waals surface area contributed by atoms with Crippen molar-refractivity contribution in [3.05, 3.63) is 77.6 Å². The van der Waals surface area contributed by atoms with Crippen LogP contribution in [0.25, 0.3) is 22.3 Å². The number of fused-ring (bicyclic) bond motifs is 1. The molecule has 1 aromatic carbocycles. The van der Waals surface area contributed by atoms with Gasteiger partial charge in [-0.25, -0.2) is 18.4 Å². The van der Waals surface area contributed by atoms with E-state index in [2.05, 4.69) is 34.4 Å². The lowest BCUT2D eigenvalue weighted by Gasteiger charge is -2.38. The van der Waals surface area contributed by atoms with E-state index in [0.29, 0.717) is 23.3 Å². The molecule has 202 valence electrons. The highest BCUT2D eigenvalue weighted by Crippen LogP contribution is 2.24. The van der Waals surface area contributed by atoms with Gasteiger partial charge in [0.25, 0.3) is 5.91 Å². The average molecular weight is 545 g/mol.